The summed E-state index contributed by atoms with van der Waals surface area (Å²) in [6, 6.07) is 14.9. The molecule has 2 N–H and O–H groups in total. The summed E-state index contributed by atoms with van der Waals surface area (Å²) in [5.74, 6) is 0.205. The summed E-state index contributed by atoms with van der Waals surface area (Å²) in [5.41, 5.74) is 1.49. The number of carbonyl (C=O) groups is 2. The number of fused-ring (bicyclic) bond motifs is 1. The van der Waals surface area contributed by atoms with Gasteiger partial charge < -0.3 is 24.8 Å². The van der Waals surface area contributed by atoms with Crippen molar-refractivity contribution in [1.29, 1.82) is 0 Å². The zero-order chi connectivity index (χ0) is 18.8. The minimum Gasteiger partial charge on any atom is -0.486 e. The van der Waals surface area contributed by atoms with Gasteiger partial charge in [0.25, 0.3) is 0 Å². The first kappa shape index (κ1) is 17.2. The highest BCUT2D eigenvalue weighted by Gasteiger charge is 2.40. The van der Waals surface area contributed by atoms with Crippen molar-refractivity contribution >= 4 is 17.7 Å². The van der Waals surface area contributed by atoms with Crippen molar-refractivity contribution in [2.24, 2.45) is 5.92 Å². The number of carboxylic acid groups (broad SMARTS) is 1. The fourth-order valence-electron chi connectivity index (χ4n) is 3.66. The fourth-order valence-corrected chi connectivity index (χ4v) is 3.66. The molecule has 2 aliphatic rings. The van der Waals surface area contributed by atoms with Crippen LogP contribution in [-0.4, -0.2) is 48.3 Å². The van der Waals surface area contributed by atoms with Gasteiger partial charge in [-0.1, -0.05) is 36.4 Å². The van der Waals surface area contributed by atoms with Gasteiger partial charge in [-0.3, -0.25) is 4.79 Å². The van der Waals surface area contributed by atoms with Crippen LogP contribution in [0.25, 0.3) is 0 Å². The largest absolute Gasteiger partial charge is 0.486 e. The summed E-state index contributed by atoms with van der Waals surface area (Å²) in [4.78, 5) is 25.8. The van der Waals surface area contributed by atoms with Crippen LogP contribution in [0, 0.1) is 5.92 Å². The molecule has 7 heteroatoms. The Morgan fingerprint density at radius 3 is 2.56 bits per heavy atom. The van der Waals surface area contributed by atoms with E-state index in [1.54, 1.807) is 18.2 Å². The van der Waals surface area contributed by atoms with Crippen molar-refractivity contribution in [3.05, 3.63) is 54.1 Å². The standard InChI is InChI=1S/C20H20N2O5/c23-19(21-16-7-4-8-17-18(16)27-10-9-26-17)15-12-22(20(24)25)11-14(15)13-5-2-1-3-6-13/h1-8,14-15H,9-12H2,(H,21,23)(H,24,25). The smallest absolute Gasteiger partial charge is 0.407 e. The van der Waals surface area contributed by atoms with E-state index >= 15 is 0 Å². The zero-order valence-corrected chi connectivity index (χ0v) is 14.6. The van der Waals surface area contributed by atoms with Gasteiger partial charge in [0.2, 0.25) is 5.91 Å². The van der Waals surface area contributed by atoms with Gasteiger partial charge in [-0.05, 0) is 17.7 Å². The first-order chi connectivity index (χ1) is 13.1. The average Bonchev–Trinajstić information content (AvgIpc) is 3.15. The number of hydrogen-bond donors (Lipinski definition) is 2. The minimum atomic E-state index is -1.01. The first-order valence-corrected chi connectivity index (χ1v) is 8.86. The molecule has 2 aromatic carbocycles. The molecule has 0 aromatic heterocycles. The molecule has 0 saturated carbocycles. The Morgan fingerprint density at radius 1 is 1.00 bits per heavy atom. The van der Waals surface area contributed by atoms with Gasteiger partial charge in [0.05, 0.1) is 11.6 Å². The van der Waals surface area contributed by atoms with Crippen molar-refractivity contribution < 1.29 is 24.2 Å². The SMILES string of the molecule is O=C(Nc1cccc2c1OCCO2)C1CN(C(=O)O)CC1c1ccccc1. The van der Waals surface area contributed by atoms with Gasteiger partial charge in [-0.2, -0.15) is 0 Å². The molecule has 0 spiro atoms. The molecule has 2 atom stereocenters. The molecule has 2 aromatic rings. The van der Waals surface area contributed by atoms with Crippen LogP contribution in [-0.2, 0) is 4.79 Å². The molecule has 1 fully saturated rings. The van der Waals surface area contributed by atoms with Gasteiger partial charge in [0, 0.05) is 19.0 Å². The lowest BCUT2D eigenvalue weighted by Crippen LogP contribution is -2.31. The van der Waals surface area contributed by atoms with Crippen LogP contribution in [0.4, 0.5) is 10.5 Å². The van der Waals surface area contributed by atoms with Crippen LogP contribution in [0.5, 0.6) is 11.5 Å². The normalized spacial score (nSPS) is 21.0. The number of ether oxygens (including phenoxy) is 2. The van der Waals surface area contributed by atoms with Gasteiger partial charge >= 0.3 is 6.09 Å². The first-order valence-electron chi connectivity index (χ1n) is 8.86. The van der Waals surface area contributed by atoms with Crippen molar-refractivity contribution in [3.8, 4) is 11.5 Å². The summed E-state index contributed by atoms with van der Waals surface area (Å²) in [6.07, 6.45) is -1.01. The third-order valence-corrected chi connectivity index (χ3v) is 4.98. The average molecular weight is 368 g/mol. The fraction of sp³-hybridized carbons (Fsp3) is 0.300. The quantitative estimate of drug-likeness (QED) is 0.870. The Morgan fingerprint density at radius 2 is 1.78 bits per heavy atom. The zero-order valence-electron chi connectivity index (χ0n) is 14.6. The van der Waals surface area contributed by atoms with Gasteiger partial charge in [0.1, 0.15) is 13.2 Å². The monoisotopic (exact) mass is 368 g/mol. The summed E-state index contributed by atoms with van der Waals surface area (Å²) in [7, 11) is 0. The van der Waals surface area contributed by atoms with Crippen molar-refractivity contribution in [3.63, 3.8) is 0 Å². The number of nitrogens with one attached hydrogen (secondary N) is 1. The van der Waals surface area contributed by atoms with Crippen LogP contribution in [0.3, 0.4) is 0 Å². The molecule has 1 saturated heterocycles. The Labute approximate surface area is 156 Å². The lowest BCUT2D eigenvalue weighted by molar-refractivity contribution is -0.119. The maximum absolute atomic E-state index is 13.0. The molecule has 2 amide bonds. The highest BCUT2D eigenvalue weighted by Crippen LogP contribution is 2.39. The summed E-state index contributed by atoms with van der Waals surface area (Å²) in [5, 5.41) is 12.3. The number of rotatable bonds is 3. The summed E-state index contributed by atoms with van der Waals surface area (Å²) in [6.45, 7) is 1.34. The second-order valence-corrected chi connectivity index (χ2v) is 6.63. The predicted molar refractivity (Wildman–Crippen MR) is 98.3 cm³/mol. The molecular formula is C20H20N2O5. The topological polar surface area (TPSA) is 88.1 Å². The highest BCUT2D eigenvalue weighted by atomic mass is 16.6. The molecule has 7 nitrogen and oxygen atoms in total. The van der Waals surface area contributed by atoms with Crippen LogP contribution in [0.2, 0.25) is 0 Å². The minimum absolute atomic E-state index is 0.160. The van der Waals surface area contributed by atoms with Gasteiger partial charge in [0.15, 0.2) is 11.5 Å². The Hall–Kier alpha value is -3.22. The van der Waals surface area contributed by atoms with Crippen molar-refractivity contribution in [1.82, 2.24) is 4.90 Å². The van der Waals surface area contributed by atoms with E-state index in [2.05, 4.69) is 5.32 Å². The number of likely N-dealkylation sites (tertiary alicyclic amines) is 1. The molecule has 27 heavy (non-hydrogen) atoms. The maximum Gasteiger partial charge on any atom is 0.407 e. The van der Waals surface area contributed by atoms with E-state index in [4.69, 9.17) is 9.47 Å². The van der Waals surface area contributed by atoms with Crippen LogP contribution < -0.4 is 14.8 Å². The lowest BCUT2D eigenvalue weighted by Gasteiger charge is -2.23. The third-order valence-electron chi connectivity index (χ3n) is 4.98. The molecular weight excluding hydrogens is 348 g/mol. The van der Waals surface area contributed by atoms with E-state index in [-0.39, 0.29) is 18.4 Å². The van der Waals surface area contributed by atoms with Gasteiger partial charge in [-0.25, -0.2) is 4.79 Å². The van der Waals surface area contributed by atoms with E-state index in [0.29, 0.717) is 36.9 Å². The van der Waals surface area contributed by atoms with E-state index in [0.717, 1.165) is 5.56 Å². The molecule has 2 heterocycles. The third kappa shape index (κ3) is 3.40. The van der Waals surface area contributed by atoms with Crippen LogP contribution in [0.1, 0.15) is 11.5 Å². The summed E-state index contributed by atoms with van der Waals surface area (Å²) >= 11 is 0. The number of carbonyl (C=O) groups excluding carboxylic acids is 1. The second kappa shape index (κ2) is 7.19. The number of nitrogens with zero attached hydrogens (tertiary/aromatic N) is 1. The number of amides is 2. The molecule has 0 bridgehead atoms. The highest BCUT2D eigenvalue weighted by molar-refractivity contribution is 5.96. The molecule has 140 valence electrons. The van der Waals surface area contributed by atoms with Crippen molar-refractivity contribution in [2.45, 2.75) is 5.92 Å². The van der Waals surface area contributed by atoms with Gasteiger partial charge in [-0.15, -0.1) is 0 Å². The van der Waals surface area contributed by atoms with E-state index in [1.807, 2.05) is 30.3 Å². The number of hydrogen-bond acceptors (Lipinski definition) is 4. The maximum atomic E-state index is 13.0. The van der Waals surface area contributed by atoms with Crippen molar-refractivity contribution in [2.75, 3.05) is 31.6 Å². The van der Waals surface area contributed by atoms with Crippen LogP contribution >= 0.6 is 0 Å². The van der Waals surface area contributed by atoms with Crippen LogP contribution in [0.15, 0.2) is 48.5 Å². The van der Waals surface area contributed by atoms with E-state index < -0.39 is 12.0 Å². The summed E-state index contributed by atoms with van der Waals surface area (Å²) < 4.78 is 11.2. The molecule has 2 aliphatic heterocycles. The molecule has 0 aliphatic carbocycles. The van der Waals surface area contributed by atoms with E-state index in [9.17, 15) is 14.7 Å². The Balaban J connectivity index is 1.59. The molecule has 2 unspecified atom stereocenters. The molecule has 0 radical (unpaired) electrons. The Bertz CT molecular complexity index is 855. The number of para-hydroxylation sites is 1. The second-order valence-electron chi connectivity index (χ2n) is 6.63. The lowest BCUT2D eigenvalue weighted by atomic mass is 9.88. The Kier molecular flexibility index (Phi) is 4.58. The number of benzene rings is 2. The van der Waals surface area contributed by atoms with E-state index in [1.165, 1.54) is 4.90 Å². The predicted octanol–water partition coefficient (Wildman–Crippen LogP) is 2.79. The molecule has 4 rings (SSSR count). The number of anilines is 1.